The van der Waals surface area contributed by atoms with Crippen LogP contribution in [0, 0.1) is 0 Å². The number of fused-ring (bicyclic) bond motifs is 3. The summed E-state index contributed by atoms with van der Waals surface area (Å²) in [6.45, 7) is 2.71. The molecule has 23 heavy (non-hydrogen) atoms. The average Bonchev–Trinajstić information content (AvgIpc) is 2.95. The van der Waals surface area contributed by atoms with Crippen LogP contribution in [-0.2, 0) is 4.74 Å². The fourth-order valence-corrected chi connectivity index (χ4v) is 3.30. The monoisotopic (exact) mass is 301 g/mol. The molecule has 0 aliphatic heterocycles. The third-order valence-corrected chi connectivity index (χ3v) is 4.26. The van der Waals surface area contributed by atoms with Crippen LogP contribution in [-0.4, -0.2) is 11.2 Å². The van der Waals surface area contributed by atoms with Gasteiger partial charge in [0.2, 0.25) is 0 Å². The number of hydrogen-bond donors (Lipinski definition) is 0. The summed E-state index contributed by atoms with van der Waals surface area (Å²) in [6.07, 6.45) is -0.119. The van der Waals surface area contributed by atoms with Crippen LogP contribution < -0.4 is 0 Å². The van der Waals surface area contributed by atoms with Gasteiger partial charge in [0, 0.05) is 22.9 Å². The Labute approximate surface area is 135 Å². The first-order valence-electron chi connectivity index (χ1n) is 8.04. The fourth-order valence-electron chi connectivity index (χ4n) is 3.30. The van der Waals surface area contributed by atoms with E-state index in [1.807, 2.05) is 13.0 Å². The summed E-state index contributed by atoms with van der Waals surface area (Å²) in [5, 5.41) is 2.53. The van der Waals surface area contributed by atoms with Crippen LogP contribution in [0.15, 0.2) is 78.9 Å². The first-order chi connectivity index (χ1) is 11.4. The van der Waals surface area contributed by atoms with Gasteiger partial charge in [-0.2, -0.15) is 0 Å². The number of benzene rings is 3. The summed E-state index contributed by atoms with van der Waals surface area (Å²) < 4.78 is 8.46. The number of rotatable bonds is 4. The van der Waals surface area contributed by atoms with E-state index < -0.39 is 0 Å². The number of nitrogens with zero attached hydrogens (tertiary/aromatic N) is 1. The summed E-state index contributed by atoms with van der Waals surface area (Å²) >= 11 is 0. The van der Waals surface area contributed by atoms with Gasteiger partial charge in [-0.1, -0.05) is 66.7 Å². The highest BCUT2D eigenvalue weighted by atomic mass is 16.5. The molecule has 1 unspecified atom stereocenters. The summed E-state index contributed by atoms with van der Waals surface area (Å²) in [5.74, 6) is 0. The summed E-state index contributed by atoms with van der Waals surface area (Å²) in [6, 6.07) is 27.5. The van der Waals surface area contributed by atoms with Crippen molar-refractivity contribution >= 4 is 21.8 Å². The highest BCUT2D eigenvalue weighted by Crippen LogP contribution is 2.34. The van der Waals surface area contributed by atoms with Crippen LogP contribution in [0.5, 0.6) is 0 Å². The first-order valence-corrected chi connectivity index (χ1v) is 8.04. The van der Waals surface area contributed by atoms with E-state index in [4.69, 9.17) is 4.74 Å². The molecule has 114 valence electrons. The fraction of sp³-hybridized carbons (Fsp3) is 0.143. The second-order valence-corrected chi connectivity index (χ2v) is 5.62. The molecule has 4 aromatic rings. The topological polar surface area (TPSA) is 14.2 Å². The molecule has 3 aromatic carbocycles. The lowest BCUT2D eigenvalue weighted by Gasteiger charge is -2.21. The van der Waals surface area contributed by atoms with Crippen molar-refractivity contribution in [2.75, 3.05) is 6.61 Å². The van der Waals surface area contributed by atoms with Gasteiger partial charge in [-0.3, -0.25) is 0 Å². The second-order valence-electron chi connectivity index (χ2n) is 5.62. The number of para-hydroxylation sites is 2. The molecular formula is C21H19NO. The van der Waals surface area contributed by atoms with E-state index in [0.717, 1.165) is 0 Å². The molecule has 2 nitrogen and oxygen atoms in total. The molecule has 1 aromatic heterocycles. The largest absolute Gasteiger partial charge is 0.354 e. The molecule has 0 aliphatic rings. The molecule has 0 saturated heterocycles. The standard InChI is InChI=1S/C21H19NO/c1-2-23-21(16-10-4-3-5-11-16)22-19-14-8-6-12-17(19)18-13-7-9-15-20(18)22/h3-15,21H,2H2,1H3. The molecular weight excluding hydrogens is 282 g/mol. The van der Waals surface area contributed by atoms with E-state index in [1.54, 1.807) is 0 Å². The molecule has 0 radical (unpaired) electrons. The van der Waals surface area contributed by atoms with Gasteiger partial charge in [0.15, 0.2) is 6.23 Å². The lowest BCUT2D eigenvalue weighted by molar-refractivity contribution is 0.0470. The van der Waals surface area contributed by atoms with Gasteiger partial charge in [-0.25, -0.2) is 0 Å². The Morgan fingerprint density at radius 3 is 1.83 bits per heavy atom. The number of ether oxygens (including phenoxy) is 1. The third-order valence-electron chi connectivity index (χ3n) is 4.26. The molecule has 4 rings (SSSR count). The minimum Gasteiger partial charge on any atom is -0.354 e. The number of hydrogen-bond acceptors (Lipinski definition) is 1. The van der Waals surface area contributed by atoms with Gasteiger partial charge in [-0.15, -0.1) is 0 Å². The van der Waals surface area contributed by atoms with Crippen LogP contribution in [0.25, 0.3) is 21.8 Å². The molecule has 1 atom stereocenters. The molecule has 1 heterocycles. The zero-order valence-electron chi connectivity index (χ0n) is 13.1. The maximum Gasteiger partial charge on any atom is 0.160 e. The Hall–Kier alpha value is -2.58. The van der Waals surface area contributed by atoms with Crippen molar-refractivity contribution in [3.05, 3.63) is 84.4 Å². The minimum absolute atomic E-state index is 0.119. The van der Waals surface area contributed by atoms with E-state index in [1.165, 1.54) is 27.4 Å². The van der Waals surface area contributed by atoms with E-state index in [9.17, 15) is 0 Å². The molecule has 0 aliphatic carbocycles. The van der Waals surface area contributed by atoms with Gasteiger partial charge in [0.1, 0.15) is 0 Å². The molecule has 0 saturated carbocycles. The van der Waals surface area contributed by atoms with E-state index >= 15 is 0 Å². The van der Waals surface area contributed by atoms with Crippen molar-refractivity contribution in [1.29, 1.82) is 0 Å². The highest BCUT2D eigenvalue weighted by molar-refractivity contribution is 6.08. The Morgan fingerprint density at radius 2 is 1.26 bits per heavy atom. The predicted octanol–water partition coefficient (Wildman–Crippen LogP) is 5.38. The van der Waals surface area contributed by atoms with Gasteiger partial charge >= 0.3 is 0 Å². The van der Waals surface area contributed by atoms with Gasteiger partial charge < -0.3 is 9.30 Å². The van der Waals surface area contributed by atoms with Crippen molar-refractivity contribution in [3.63, 3.8) is 0 Å². The van der Waals surface area contributed by atoms with Crippen LogP contribution in [0.3, 0.4) is 0 Å². The number of aromatic nitrogens is 1. The Morgan fingerprint density at radius 1 is 0.739 bits per heavy atom. The quantitative estimate of drug-likeness (QED) is 0.494. The molecule has 0 bridgehead atoms. The van der Waals surface area contributed by atoms with Crippen molar-refractivity contribution in [2.24, 2.45) is 0 Å². The molecule has 0 spiro atoms. The van der Waals surface area contributed by atoms with Crippen molar-refractivity contribution in [1.82, 2.24) is 4.57 Å². The molecule has 2 heteroatoms. The minimum atomic E-state index is -0.119. The Balaban J connectivity index is 2.05. The molecule has 0 amide bonds. The van der Waals surface area contributed by atoms with Crippen LogP contribution in [0.2, 0.25) is 0 Å². The smallest absolute Gasteiger partial charge is 0.160 e. The van der Waals surface area contributed by atoms with E-state index in [0.29, 0.717) is 6.61 Å². The van der Waals surface area contributed by atoms with Gasteiger partial charge in [0.05, 0.1) is 11.0 Å². The van der Waals surface area contributed by atoms with Crippen molar-refractivity contribution < 1.29 is 4.74 Å². The SMILES string of the molecule is CCOC(c1ccccc1)n1c2ccccc2c2ccccc21. The van der Waals surface area contributed by atoms with Crippen LogP contribution in [0.4, 0.5) is 0 Å². The zero-order chi connectivity index (χ0) is 15.6. The maximum absolute atomic E-state index is 6.15. The summed E-state index contributed by atoms with van der Waals surface area (Å²) in [5.41, 5.74) is 3.58. The maximum atomic E-state index is 6.15. The Kier molecular flexibility index (Phi) is 3.60. The van der Waals surface area contributed by atoms with E-state index in [-0.39, 0.29) is 6.23 Å². The van der Waals surface area contributed by atoms with Crippen molar-refractivity contribution in [3.8, 4) is 0 Å². The first kappa shape index (κ1) is 14.0. The summed E-state index contributed by atoms with van der Waals surface area (Å²) in [4.78, 5) is 0. The normalized spacial score (nSPS) is 12.7. The van der Waals surface area contributed by atoms with Gasteiger partial charge in [0.25, 0.3) is 0 Å². The lowest BCUT2D eigenvalue weighted by Crippen LogP contribution is -2.14. The molecule has 0 N–H and O–H groups in total. The second kappa shape index (κ2) is 5.90. The predicted molar refractivity (Wildman–Crippen MR) is 95.7 cm³/mol. The summed E-state index contributed by atoms with van der Waals surface area (Å²) in [7, 11) is 0. The van der Waals surface area contributed by atoms with Crippen LogP contribution in [0.1, 0.15) is 18.7 Å². The van der Waals surface area contributed by atoms with E-state index in [2.05, 4.69) is 77.4 Å². The Bertz CT molecular complexity index is 887. The molecule has 0 fully saturated rings. The van der Waals surface area contributed by atoms with Crippen LogP contribution >= 0.6 is 0 Å². The van der Waals surface area contributed by atoms with Gasteiger partial charge in [-0.05, 0) is 19.1 Å². The zero-order valence-corrected chi connectivity index (χ0v) is 13.1. The lowest BCUT2D eigenvalue weighted by atomic mass is 10.2. The average molecular weight is 301 g/mol. The highest BCUT2D eigenvalue weighted by Gasteiger charge is 2.19. The van der Waals surface area contributed by atoms with Crippen molar-refractivity contribution in [2.45, 2.75) is 13.2 Å². The third kappa shape index (κ3) is 2.32.